The Hall–Kier alpha value is -1.15. The molecule has 0 amide bonds. The van der Waals surface area contributed by atoms with Gasteiger partial charge in [-0.15, -0.1) is 0 Å². The molecular weight excluding hydrogens is 222 g/mol. The van der Waals surface area contributed by atoms with Crippen LogP contribution in [0, 0.1) is 0 Å². The molecule has 1 aliphatic carbocycles. The van der Waals surface area contributed by atoms with Crippen molar-refractivity contribution in [3.63, 3.8) is 0 Å². The van der Waals surface area contributed by atoms with Crippen LogP contribution in [0.3, 0.4) is 0 Å². The summed E-state index contributed by atoms with van der Waals surface area (Å²) in [6.45, 7) is 3.02. The van der Waals surface area contributed by atoms with E-state index in [0.717, 1.165) is 24.9 Å². The molecular formula is C16H21NO. The van der Waals surface area contributed by atoms with Gasteiger partial charge in [-0.25, -0.2) is 0 Å². The summed E-state index contributed by atoms with van der Waals surface area (Å²) >= 11 is 0. The molecule has 18 heavy (non-hydrogen) atoms. The molecule has 0 spiro atoms. The van der Waals surface area contributed by atoms with Crippen molar-refractivity contribution in [1.82, 2.24) is 5.32 Å². The van der Waals surface area contributed by atoms with Crippen molar-refractivity contribution in [2.45, 2.75) is 50.5 Å². The lowest BCUT2D eigenvalue weighted by molar-refractivity contribution is 0.0882. The van der Waals surface area contributed by atoms with Gasteiger partial charge in [0.15, 0.2) is 5.78 Å². The van der Waals surface area contributed by atoms with Crippen LogP contribution in [-0.2, 0) is 0 Å². The Kier molecular flexibility index (Phi) is 2.98. The number of Topliss-reactive ketones (excluding diaryl/α,β-unsaturated/α-hetero) is 1. The fourth-order valence-corrected chi connectivity index (χ4v) is 3.16. The van der Waals surface area contributed by atoms with E-state index in [1.54, 1.807) is 0 Å². The molecule has 2 heteroatoms. The van der Waals surface area contributed by atoms with Crippen LogP contribution in [0.4, 0.5) is 0 Å². The number of nitrogens with one attached hydrogen (secondary N) is 1. The number of hydrogen-bond donors (Lipinski definition) is 1. The molecule has 1 aromatic rings. The lowest BCUT2D eigenvalue weighted by atomic mass is 9.76. The molecule has 0 radical (unpaired) electrons. The van der Waals surface area contributed by atoms with Crippen LogP contribution < -0.4 is 5.32 Å². The second-order valence-electron chi connectivity index (χ2n) is 5.91. The molecule has 1 aliphatic heterocycles. The first kappa shape index (κ1) is 11.9. The Morgan fingerprint density at radius 3 is 2.67 bits per heavy atom. The van der Waals surface area contributed by atoms with Gasteiger partial charge in [0.25, 0.3) is 0 Å². The summed E-state index contributed by atoms with van der Waals surface area (Å²) < 4.78 is 0. The fraction of sp³-hybridized carbons (Fsp3) is 0.562. The number of ketones is 1. The average Bonchev–Trinajstić information content (AvgIpc) is 2.75. The van der Waals surface area contributed by atoms with Gasteiger partial charge < -0.3 is 5.32 Å². The monoisotopic (exact) mass is 243 g/mol. The van der Waals surface area contributed by atoms with Crippen molar-refractivity contribution in [2.24, 2.45) is 0 Å². The van der Waals surface area contributed by atoms with Crippen LogP contribution in [0.1, 0.15) is 60.9 Å². The third-order valence-electron chi connectivity index (χ3n) is 4.62. The van der Waals surface area contributed by atoms with E-state index in [0.29, 0.717) is 11.7 Å². The molecule has 3 rings (SSSR count). The first-order valence-corrected chi connectivity index (χ1v) is 7.09. The topological polar surface area (TPSA) is 29.1 Å². The van der Waals surface area contributed by atoms with Gasteiger partial charge in [-0.2, -0.15) is 0 Å². The lowest BCUT2D eigenvalue weighted by Crippen LogP contribution is -2.45. The maximum atomic E-state index is 12.8. The smallest absolute Gasteiger partial charge is 0.182 e. The van der Waals surface area contributed by atoms with E-state index in [9.17, 15) is 4.79 Å². The predicted octanol–water partition coefficient (Wildman–Crippen LogP) is 3.28. The van der Waals surface area contributed by atoms with Crippen molar-refractivity contribution in [1.29, 1.82) is 0 Å². The van der Waals surface area contributed by atoms with Gasteiger partial charge >= 0.3 is 0 Å². The van der Waals surface area contributed by atoms with Crippen molar-refractivity contribution in [3.05, 3.63) is 35.4 Å². The second-order valence-corrected chi connectivity index (χ2v) is 5.91. The summed E-state index contributed by atoms with van der Waals surface area (Å²) in [5.41, 5.74) is 1.91. The SMILES string of the molecule is CC1(C(=O)c2ccccc2C2CCC2)CCCN1. The van der Waals surface area contributed by atoms with Crippen LogP contribution in [0.25, 0.3) is 0 Å². The Morgan fingerprint density at radius 1 is 1.28 bits per heavy atom. The highest BCUT2D eigenvalue weighted by molar-refractivity contribution is 6.04. The van der Waals surface area contributed by atoms with E-state index < -0.39 is 0 Å². The molecule has 1 N–H and O–H groups in total. The fourth-order valence-electron chi connectivity index (χ4n) is 3.16. The van der Waals surface area contributed by atoms with Gasteiger partial charge in [0.1, 0.15) is 0 Å². The van der Waals surface area contributed by atoms with E-state index in [4.69, 9.17) is 0 Å². The zero-order valence-electron chi connectivity index (χ0n) is 11.0. The Labute approximate surface area is 109 Å². The van der Waals surface area contributed by atoms with Crippen molar-refractivity contribution in [2.75, 3.05) is 6.54 Å². The number of carbonyl (C=O) groups excluding carboxylic acids is 1. The highest BCUT2D eigenvalue weighted by Crippen LogP contribution is 2.39. The van der Waals surface area contributed by atoms with E-state index in [1.807, 2.05) is 12.1 Å². The molecule has 2 aliphatic rings. The van der Waals surface area contributed by atoms with Crippen molar-refractivity contribution in [3.8, 4) is 0 Å². The molecule has 0 aromatic heterocycles. The molecule has 1 unspecified atom stereocenters. The van der Waals surface area contributed by atoms with Crippen LogP contribution in [0.5, 0.6) is 0 Å². The van der Waals surface area contributed by atoms with Crippen LogP contribution in [0.15, 0.2) is 24.3 Å². The largest absolute Gasteiger partial charge is 0.305 e. The number of rotatable bonds is 3. The van der Waals surface area contributed by atoms with E-state index in [-0.39, 0.29) is 5.54 Å². The molecule has 2 nitrogen and oxygen atoms in total. The first-order valence-electron chi connectivity index (χ1n) is 7.09. The minimum atomic E-state index is -0.333. The quantitative estimate of drug-likeness (QED) is 0.825. The first-order chi connectivity index (χ1) is 8.71. The van der Waals surface area contributed by atoms with E-state index in [2.05, 4.69) is 24.4 Å². The summed E-state index contributed by atoms with van der Waals surface area (Å²) in [6.07, 6.45) is 5.87. The molecule has 1 atom stereocenters. The predicted molar refractivity (Wildman–Crippen MR) is 73.0 cm³/mol. The normalized spacial score (nSPS) is 28.1. The minimum Gasteiger partial charge on any atom is -0.305 e. The molecule has 2 fully saturated rings. The molecule has 1 aromatic carbocycles. The zero-order valence-corrected chi connectivity index (χ0v) is 11.0. The van der Waals surface area contributed by atoms with Crippen LogP contribution >= 0.6 is 0 Å². The average molecular weight is 243 g/mol. The molecule has 1 saturated carbocycles. The summed E-state index contributed by atoms with van der Waals surface area (Å²) in [4.78, 5) is 12.8. The van der Waals surface area contributed by atoms with Gasteiger partial charge in [-0.3, -0.25) is 4.79 Å². The maximum Gasteiger partial charge on any atom is 0.182 e. The van der Waals surface area contributed by atoms with Gasteiger partial charge in [-0.1, -0.05) is 30.7 Å². The van der Waals surface area contributed by atoms with Crippen LogP contribution in [0.2, 0.25) is 0 Å². The highest BCUT2D eigenvalue weighted by atomic mass is 16.1. The third kappa shape index (κ3) is 1.89. The summed E-state index contributed by atoms with van der Waals surface area (Å²) in [5.74, 6) is 0.914. The van der Waals surface area contributed by atoms with Crippen molar-refractivity contribution >= 4 is 5.78 Å². The summed E-state index contributed by atoms with van der Waals surface area (Å²) in [7, 11) is 0. The van der Waals surface area contributed by atoms with Gasteiger partial charge in [0, 0.05) is 5.56 Å². The van der Waals surface area contributed by atoms with Gasteiger partial charge in [-0.05, 0) is 50.6 Å². The zero-order chi connectivity index (χ0) is 12.6. The number of carbonyl (C=O) groups is 1. The van der Waals surface area contributed by atoms with E-state index in [1.165, 1.54) is 24.8 Å². The minimum absolute atomic E-state index is 0.294. The third-order valence-corrected chi connectivity index (χ3v) is 4.62. The van der Waals surface area contributed by atoms with Gasteiger partial charge in [0.05, 0.1) is 5.54 Å². The van der Waals surface area contributed by atoms with Gasteiger partial charge in [0.2, 0.25) is 0 Å². The number of benzene rings is 1. The summed E-state index contributed by atoms with van der Waals surface area (Å²) in [5, 5.41) is 3.38. The standard InChI is InChI=1S/C16H21NO/c1-16(10-5-11-17-16)15(18)14-9-3-2-8-13(14)12-6-4-7-12/h2-3,8-9,12,17H,4-7,10-11H2,1H3. The molecule has 1 heterocycles. The summed E-state index contributed by atoms with van der Waals surface area (Å²) in [6, 6.07) is 8.22. The molecule has 1 saturated heterocycles. The lowest BCUT2D eigenvalue weighted by Gasteiger charge is -2.30. The van der Waals surface area contributed by atoms with E-state index >= 15 is 0 Å². The maximum absolute atomic E-state index is 12.8. The molecule has 0 bridgehead atoms. The Morgan fingerprint density at radius 2 is 2.06 bits per heavy atom. The Bertz CT molecular complexity index is 456. The second kappa shape index (κ2) is 4.51. The van der Waals surface area contributed by atoms with Crippen LogP contribution in [-0.4, -0.2) is 17.9 Å². The molecule has 96 valence electrons. The number of hydrogen-bond acceptors (Lipinski definition) is 2. The van der Waals surface area contributed by atoms with Crippen molar-refractivity contribution < 1.29 is 4.79 Å². The Balaban J connectivity index is 1.93. The highest BCUT2D eigenvalue weighted by Gasteiger charge is 2.38.